The summed E-state index contributed by atoms with van der Waals surface area (Å²) in [5, 5.41) is 3.79. The maximum atomic E-state index is 5.82. The van der Waals surface area contributed by atoms with E-state index in [1.54, 1.807) is 0 Å². The smallest absolute Gasteiger partial charge is 0.00770 e. The van der Waals surface area contributed by atoms with Gasteiger partial charge in [-0.15, -0.1) is 6.58 Å². The van der Waals surface area contributed by atoms with Gasteiger partial charge < -0.3 is 11.1 Å². The maximum absolute atomic E-state index is 5.82. The monoisotopic (exact) mass is 442 g/mol. The van der Waals surface area contributed by atoms with Gasteiger partial charge in [0.2, 0.25) is 0 Å². The minimum atomic E-state index is 0.474. The molecule has 0 aliphatic heterocycles. The summed E-state index contributed by atoms with van der Waals surface area (Å²) in [6.45, 7) is 18.9. The van der Waals surface area contributed by atoms with Gasteiger partial charge in [0.05, 0.1) is 0 Å². The van der Waals surface area contributed by atoms with E-state index in [1.807, 2.05) is 0 Å². The fraction of sp³-hybridized carbons (Fsp3) is 0.933. The van der Waals surface area contributed by atoms with Gasteiger partial charge in [-0.25, -0.2) is 0 Å². The van der Waals surface area contributed by atoms with Crippen molar-refractivity contribution >= 4 is 0 Å². The molecule has 4 saturated carbocycles. The van der Waals surface area contributed by atoms with Crippen LogP contribution in [-0.4, -0.2) is 19.1 Å². The molecule has 9 atom stereocenters. The fourth-order valence-electron chi connectivity index (χ4n) is 9.95. The quantitative estimate of drug-likeness (QED) is 0.405. The third-order valence-electron chi connectivity index (χ3n) is 12.1. The summed E-state index contributed by atoms with van der Waals surface area (Å²) >= 11 is 0. The van der Waals surface area contributed by atoms with Crippen molar-refractivity contribution in [3.63, 3.8) is 0 Å². The van der Waals surface area contributed by atoms with E-state index in [4.69, 9.17) is 5.73 Å². The van der Waals surface area contributed by atoms with Crippen molar-refractivity contribution in [2.24, 2.45) is 51.6 Å². The fourth-order valence-corrected chi connectivity index (χ4v) is 9.95. The van der Waals surface area contributed by atoms with E-state index in [2.05, 4.69) is 46.5 Å². The highest BCUT2D eigenvalue weighted by molar-refractivity contribution is 5.13. The summed E-state index contributed by atoms with van der Waals surface area (Å²) in [6, 6.07) is 0.678. The molecule has 0 heterocycles. The molecule has 0 aromatic carbocycles. The summed E-state index contributed by atoms with van der Waals surface area (Å²) < 4.78 is 0. The zero-order valence-electron chi connectivity index (χ0n) is 22.1. The molecule has 32 heavy (non-hydrogen) atoms. The SMILES string of the molecule is C=C(C)CCCC1CCCC2C3CC(C)[C@@]4(C)CC(NCCN)CCC4(C)C3CCC12C. The van der Waals surface area contributed by atoms with Crippen LogP contribution in [0.5, 0.6) is 0 Å². The lowest BCUT2D eigenvalue weighted by atomic mass is 9.36. The zero-order chi connectivity index (χ0) is 23.1. The molecule has 3 N–H and O–H groups in total. The second-order valence-corrected chi connectivity index (χ2v) is 13.6. The van der Waals surface area contributed by atoms with E-state index < -0.39 is 0 Å². The first-order chi connectivity index (χ1) is 15.2. The Bertz CT molecular complexity index is 672. The standard InChI is InChI=1S/C30H54N2/c1-21(2)9-7-10-23-11-8-12-26-25-19-22(3)30(6)20-24(32-18-17-31)13-16-29(30,5)27(25)14-15-28(23,26)4/h22-27,32H,1,7-20,31H2,2-6H3/t22?,23?,24?,25?,26?,27?,28?,29?,30-/m1/s1. The first-order valence-corrected chi connectivity index (χ1v) is 14.2. The van der Waals surface area contributed by atoms with Crippen LogP contribution in [-0.2, 0) is 0 Å². The number of allylic oxidation sites excluding steroid dienone is 1. The molecule has 4 rings (SSSR count). The van der Waals surface area contributed by atoms with Crippen molar-refractivity contribution in [1.82, 2.24) is 5.32 Å². The van der Waals surface area contributed by atoms with Crippen LogP contribution < -0.4 is 11.1 Å². The molecule has 184 valence electrons. The molecule has 2 nitrogen and oxygen atoms in total. The van der Waals surface area contributed by atoms with E-state index in [1.165, 1.54) is 82.6 Å². The highest BCUT2D eigenvalue weighted by atomic mass is 14.9. The minimum Gasteiger partial charge on any atom is -0.329 e. The van der Waals surface area contributed by atoms with Crippen LogP contribution in [0.1, 0.15) is 112 Å². The van der Waals surface area contributed by atoms with Gasteiger partial charge in [0.15, 0.2) is 0 Å². The van der Waals surface area contributed by atoms with E-state index in [0.29, 0.717) is 22.3 Å². The van der Waals surface area contributed by atoms with Crippen LogP contribution in [0.25, 0.3) is 0 Å². The Kier molecular flexibility index (Phi) is 7.25. The predicted molar refractivity (Wildman–Crippen MR) is 139 cm³/mol. The number of hydrogen-bond acceptors (Lipinski definition) is 2. The van der Waals surface area contributed by atoms with Gasteiger partial charge in [-0.3, -0.25) is 0 Å². The molecule has 0 amide bonds. The number of rotatable bonds is 7. The Labute approximate surface area is 199 Å². The lowest BCUT2D eigenvalue weighted by Gasteiger charge is -2.69. The second kappa shape index (κ2) is 9.37. The molecule has 0 radical (unpaired) electrons. The number of fused-ring (bicyclic) bond motifs is 5. The minimum absolute atomic E-state index is 0.474. The average molecular weight is 443 g/mol. The van der Waals surface area contributed by atoms with Gasteiger partial charge in [-0.2, -0.15) is 0 Å². The Morgan fingerprint density at radius 1 is 1.03 bits per heavy atom. The van der Waals surface area contributed by atoms with Gasteiger partial charge in [-0.1, -0.05) is 39.7 Å². The Morgan fingerprint density at radius 3 is 2.53 bits per heavy atom. The third kappa shape index (κ3) is 4.04. The van der Waals surface area contributed by atoms with Crippen molar-refractivity contribution in [2.75, 3.05) is 13.1 Å². The van der Waals surface area contributed by atoms with Crippen molar-refractivity contribution in [3.05, 3.63) is 12.2 Å². The normalized spacial score (nSPS) is 48.4. The molecule has 4 aliphatic rings. The molecule has 2 heteroatoms. The van der Waals surface area contributed by atoms with Crippen LogP contribution in [0, 0.1) is 45.8 Å². The molecule has 0 aromatic heterocycles. The van der Waals surface area contributed by atoms with Crippen LogP contribution >= 0.6 is 0 Å². The number of hydrogen-bond donors (Lipinski definition) is 2. The molecule has 0 spiro atoms. The van der Waals surface area contributed by atoms with Gasteiger partial charge >= 0.3 is 0 Å². The highest BCUT2D eigenvalue weighted by Gasteiger charge is 2.64. The first-order valence-electron chi connectivity index (χ1n) is 14.2. The van der Waals surface area contributed by atoms with Gasteiger partial charge in [0, 0.05) is 19.1 Å². The Balaban J connectivity index is 1.53. The van der Waals surface area contributed by atoms with Crippen LogP contribution in [0.15, 0.2) is 12.2 Å². The lowest BCUT2D eigenvalue weighted by Crippen LogP contribution is -2.63. The molecule has 0 aromatic rings. The highest BCUT2D eigenvalue weighted by Crippen LogP contribution is 2.71. The molecular formula is C30H54N2. The van der Waals surface area contributed by atoms with Crippen molar-refractivity contribution in [2.45, 2.75) is 118 Å². The first kappa shape index (κ1) is 24.8. The summed E-state index contributed by atoms with van der Waals surface area (Å²) in [5.41, 5.74) is 8.77. The van der Waals surface area contributed by atoms with Gasteiger partial charge in [0.1, 0.15) is 0 Å². The van der Waals surface area contributed by atoms with E-state index in [-0.39, 0.29) is 0 Å². The van der Waals surface area contributed by atoms with Gasteiger partial charge in [-0.05, 0) is 123 Å². The summed E-state index contributed by atoms with van der Waals surface area (Å²) in [7, 11) is 0. The zero-order valence-corrected chi connectivity index (χ0v) is 22.1. The third-order valence-corrected chi connectivity index (χ3v) is 12.1. The van der Waals surface area contributed by atoms with Crippen molar-refractivity contribution < 1.29 is 0 Å². The molecular weight excluding hydrogens is 388 g/mol. The van der Waals surface area contributed by atoms with Gasteiger partial charge in [0.25, 0.3) is 0 Å². The Hall–Kier alpha value is -0.340. The van der Waals surface area contributed by atoms with E-state index >= 15 is 0 Å². The number of nitrogens with two attached hydrogens (primary N) is 1. The maximum Gasteiger partial charge on any atom is 0.00770 e. The van der Waals surface area contributed by atoms with E-state index in [0.717, 1.165) is 42.7 Å². The van der Waals surface area contributed by atoms with Crippen molar-refractivity contribution in [3.8, 4) is 0 Å². The topological polar surface area (TPSA) is 38.0 Å². The van der Waals surface area contributed by atoms with Crippen LogP contribution in [0.4, 0.5) is 0 Å². The van der Waals surface area contributed by atoms with Crippen LogP contribution in [0.2, 0.25) is 0 Å². The summed E-state index contributed by atoms with van der Waals surface area (Å²) in [6.07, 6.45) is 17.1. The average Bonchev–Trinajstić information content (AvgIpc) is 2.74. The Morgan fingerprint density at radius 2 is 1.81 bits per heavy atom. The summed E-state index contributed by atoms with van der Waals surface area (Å²) in [5.74, 6) is 4.68. The molecule has 0 bridgehead atoms. The molecule has 4 fully saturated rings. The second-order valence-electron chi connectivity index (χ2n) is 13.6. The van der Waals surface area contributed by atoms with E-state index in [9.17, 15) is 0 Å². The molecule has 4 aliphatic carbocycles. The predicted octanol–water partition coefficient (Wildman–Crippen LogP) is 7.33. The van der Waals surface area contributed by atoms with Crippen molar-refractivity contribution in [1.29, 1.82) is 0 Å². The number of nitrogens with one attached hydrogen (secondary N) is 1. The lowest BCUT2D eigenvalue weighted by molar-refractivity contribution is -0.197. The summed E-state index contributed by atoms with van der Waals surface area (Å²) in [4.78, 5) is 0. The molecule has 0 saturated heterocycles. The van der Waals surface area contributed by atoms with Crippen LogP contribution in [0.3, 0.4) is 0 Å². The largest absolute Gasteiger partial charge is 0.329 e. The molecule has 8 unspecified atom stereocenters.